The minimum atomic E-state index is -0.525. The third-order valence-corrected chi connectivity index (χ3v) is 2.02. The van der Waals surface area contributed by atoms with Gasteiger partial charge < -0.3 is 10.1 Å². The molecule has 0 radical (unpaired) electrons. The quantitative estimate of drug-likeness (QED) is 0.602. The molecule has 0 aliphatic carbocycles. The first-order valence-corrected chi connectivity index (χ1v) is 5.55. The van der Waals surface area contributed by atoms with Crippen LogP contribution in [0, 0.1) is 10.1 Å². The summed E-state index contributed by atoms with van der Waals surface area (Å²) in [4.78, 5) is 18.6. The summed E-state index contributed by atoms with van der Waals surface area (Å²) in [5, 5.41) is 13.9. The van der Waals surface area contributed by atoms with Gasteiger partial charge in [0, 0.05) is 13.0 Å². The number of nitrogens with zero attached hydrogens (tertiary/aromatic N) is 3. The van der Waals surface area contributed by atoms with Crippen LogP contribution in [0.5, 0.6) is 5.88 Å². The number of aromatic nitrogens is 2. The summed E-state index contributed by atoms with van der Waals surface area (Å²) in [6.45, 7) is 6.36. The summed E-state index contributed by atoms with van der Waals surface area (Å²) in [6, 6.07) is 0. The Morgan fingerprint density at radius 3 is 2.53 bits per heavy atom. The van der Waals surface area contributed by atoms with Crippen molar-refractivity contribution in [1.82, 2.24) is 9.97 Å². The van der Waals surface area contributed by atoms with E-state index in [0.29, 0.717) is 25.4 Å². The van der Waals surface area contributed by atoms with Crippen LogP contribution in [0.3, 0.4) is 0 Å². The predicted octanol–water partition coefficient (Wildman–Crippen LogP) is 1.78. The topological polar surface area (TPSA) is 90.2 Å². The molecule has 0 aliphatic rings. The predicted molar refractivity (Wildman–Crippen MR) is 63.4 cm³/mol. The van der Waals surface area contributed by atoms with Crippen LogP contribution < -0.4 is 10.1 Å². The van der Waals surface area contributed by atoms with Gasteiger partial charge in [-0.2, -0.15) is 4.98 Å². The number of nitrogens with one attached hydrogen (secondary N) is 1. The first kappa shape index (κ1) is 13.1. The molecule has 1 heterocycles. The lowest BCUT2D eigenvalue weighted by atomic mass is 10.4. The van der Waals surface area contributed by atoms with Crippen LogP contribution in [0.25, 0.3) is 0 Å². The molecule has 0 aromatic carbocycles. The van der Waals surface area contributed by atoms with Crippen LogP contribution in [0.4, 0.5) is 11.5 Å². The lowest BCUT2D eigenvalue weighted by molar-refractivity contribution is -0.385. The lowest BCUT2D eigenvalue weighted by Crippen LogP contribution is -2.10. The fourth-order valence-corrected chi connectivity index (χ4v) is 1.33. The Morgan fingerprint density at radius 2 is 2.06 bits per heavy atom. The zero-order valence-corrected chi connectivity index (χ0v) is 10.2. The molecule has 1 N–H and O–H groups in total. The van der Waals surface area contributed by atoms with Crippen molar-refractivity contribution < 1.29 is 9.66 Å². The van der Waals surface area contributed by atoms with E-state index in [1.54, 1.807) is 6.92 Å². The average molecular weight is 240 g/mol. The molecule has 0 atom stereocenters. The molecule has 0 fully saturated rings. The third-order valence-electron chi connectivity index (χ3n) is 2.02. The average Bonchev–Trinajstić information content (AvgIpc) is 2.28. The van der Waals surface area contributed by atoms with Crippen LogP contribution in [-0.4, -0.2) is 28.0 Å². The summed E-state index contributed by atoms with van der Waals surface area (Å²) in [6.07, 6.45) is 0.594. The normalized spacial score (nSPS) is 10.1. The van der Waals surface area contributed by atoms with Crippen molar-refractivity contribution in [3.05, 3.63) is 15.9 Å². The molecule has 0 saturated carbocycles. The van der Waals surface area contributed by atoms with E-state index in [1.807, 2.05) is 13.8 Å². The Morgan fingerprint density at radius 1 is 1.35 bits per heavy atom. The van der Waals surface area contributed by atoms with E-state index >= 15 is 0 Å². The van der Waals surface area contributed by atoms with Crippen molar-refractivity contribution in [2.75, 3.05) is 18.5 Å². The second kappa shape index (κ2) is 5.97. The third kappa shape index (κ3) is 3.02. The SMILES string of the molecule is CCNc1nc(CC)nc(OCC)c1[N+](=O)[O-]. The number of hydrogen-bond donors (Lipinski definition) is 1. The molecule has 17 heavy (non-hydrogen) atoms. The summed E-state index contributed by atoms with van der Waals surface area (Å²) < 4.78 is 5.20. The molecule has 0 aliphatic heterocycles. The van der Waals surface area contributed by atoms with Crippen LogP contribution >= 0.6 is 0 Å². The fraction of sp³-hybridized carbons (Fsp3) is 0.600. The Hall–Kier alpha value is -1.92. The summed E-state index contributed by atoms with van der Waals surface area (Å²) in [7, 11) is 0. The van der Waals surface area contributed by atoms with E-state index in [4.69, 9.17) is 4.74 Å². The zero-order chi connectivity index (χ0) is 12.8. The van der Waals surface area contributed by atoms with Gasteiger partial charge in [-0.25, -0.2) is 4.98 Å². The maximum atomic E-state index is 11.0. The molecular formula is C10H16N4O3. The molecule has 0 amide bonds. The van der Waals surface area contributed by atoms with E-state index in [9.17, 15) is 10.1 Å². The van der Waals surface area contributed by atoms with Gasteiger partial charge in [0.25, 0.3) is 5.88 Å². The second-order valence-corrected chi connectivity index (χ2v) is 3.22. The Balaban J connectivity index is 3.32. The maximum Gasteiger partial charge on any atom is 0.372 e. The van der Waals surface area contributed by atoms with Gasteiger partial charge in [-0.15, -0.1) is 0 Å². The first-order valence-electron chi connectivity index (χ1n) is 5.55. The summed E-state index contributed by atoms with van der Waals surface area (Å²) in [5.41, 5.74) is -0.203. The minimum Gasteiger partial charge on any atom is -0.473 e. The molecule has 7 nitrogen and oxygen atoms in total. The number of ether oxygens (including phenoxy) is 1. The minimum absolute atomic E-state index is 0.0281. The highest BCUT2D eigenvalue weighted by Crippen LogP contribution is 2.31. The van der Waals surface area contributed by atoms with Gasteiger partial charge in [0.2, 0.25) is 5.82 Å². The molecule has 1 rings (SSSR count). The van der Waals surface area contributed by atoms with Crippen LogP contribution in [-0.2, 0) is 6.42 Å². The highest BCUT2D eigenvalue weighted by molar-refractivity contribution is 5.61. The molecule has 1 aromatic rings. The Bertz CT molecular complexity index is 382. The van der Waals surface area contributed by atoms with Crippen molar-refractivity contribution >= 4 is 11.5 Å². The summed E-state index contributed by atoms with van der Waals surface area (Å²) >= 11 is 0. The lowest BCUT2D eigenvalue weighted by Gasteiger charge is -2.09. The van der Waals surface area contributed by atoms with E-state index in [1.165, 1.54) is 0 Å². The van der Waals surface area contributed by atoms with Crippen molar-refractivity contribution in [3.8, 4) is 5.88 Å². The fourth-order valence-electron chi connectivity index (χ4n) is 1.33. The van der Waals surface area contributed by atoms with Gasteiger partial charge in [-0.1, -0.05) is 6.92 Å². The van der Waals surface area contributed by atoms with Crippen molar-refractivity contribution in [1.29, 1.82) is 0 Å². The molecule has 1 aromatic heterocycles. The number of anilines is 1. The highest BCUT2D eigenvalue weighted by atomic mass is 16.6. The van der Waals surface area contributed by atoms with Gasteiger partial charge in [-0.3, -0.25) is 10.1 Å². The van der Waals surface area contributed by atoms with E-state index in [2.05, 4.69) is 15.3 Å². The smallest absolute Gasteiger partial charge is 0.372 e. The van der Waals surface area contributed by atoms with Crippen LogP contribution in [0.2, 0.25) is 0 Å². The van der Waals surface area contributed by atoms with Gasteiger partial charge in [0.05, 0.1) is 11.5 Å². The zero-order valence-electron chi connectivity index (χ0n) is 10.2. The molecule has 0 bridgehead atoms. The van der Waals surface area contributed by atoms with Gasteiger partial charge in [0.1, 0.15) is 5.82 Å². The van der Waals surface area contributed by atoms with Gasteiger partial charge >= 0.3 is 5.69 Å². The standard InChI is InChI=1S/C10H16N4O3/c1-4-7-12-9(11-5-2)8(14(15)16)10(13-7)17-6-3/h4-6H2,1-3H3,(H,11,12,13). The van der Waals surface area contributed by atoms with Crippen molar-refractivity contribution in [3.63, 3.8) is 0 Å². The van der Waals surface area contributed by atoms with Crippen LogP contribution in [0.1, 0.15) is 26.6 Å². The number of nitro groups is 1. The van der Waals surface area contributed by atoms with Crippen molar-refractivity contribution in [2.24, 2.45) is 0 Å². The maximum absolute atomic E-state index is 11.0. The molecule has 0 spiro atoms. The van der Waals surface area contributed by atoms with Crippen LogP contribution in [0.15, 0.2) is 0 Å². The Labute approximate surface area is 99.4 Å². The first-order chi connectivity index (χ1) is 8.13. The molecule has 7 heteroatoms. The van der Waals surface area contributed by atoms with E-state index in [-0.39, 0.29) is 17.4 Å². The molecule has 0 unspecified atom stereocenters. The Kier molecular flexibility index (Phi) is 4.62. The second-order valence-electron chi connectivity index (χ2n) is 3.22. The monoisotopic (exact) mass is 240 g/mol. The number of rotatable bonds is 6. The van der Waals surface area contributed by atoms with E-state index < -0.39 is 4.92 Å². The van der Waals surface area contributed by atoms with E-state index in [0.717, 1.165) is 0 Å². The van der Waals surface area contributed by atoms with Gasteiger partial charge in [0.15, 0.2) is 0 Å². The molecule has 94 valence electrons. The number of hydrogen-bond acceptors (Lipinski definition) is 6. The van der Waals surface area contributed by atoms with Crippen molar-refractivity contribution in [2.45, 2.75) is 27.2 Å². The molecule has 0 saturated heterocycles. The summed E-state index contributed by atoms with van der Waals surface area (Å²) in [5.74, 6) is 0.767. The number of aryl methyl sites for hydroxylation is 1. The van der Waals surface area contributed by atoms with Gasteiger partial charge in [-0.05, 0) is 13.8 Å². The largest absolute Gasteiger partial charge is 0.473 e. The highest BCUT2D eigenvalue weighted by Gasteiger charge is 2.25. The molecular weight excluding hydrogens is 224 g/mol.